The molecule has 0 radical (unpaired) electrons. The van der Waals surface area contributed by atoms with Crippen molar-refractivity contribution in [3.8, 4) is 5.75 Å². The fourth-order valence-electron chi connectivity index (χ4n) is 12.1. The average Bonchev–Trinajstić information content (AvgIpc) is 3.88. The molecule has 0 aliphatic heterocycles. The smallest absolute Gasteiger partial charge is 0.339 e. The van der Waals surface area contributed by atoms with Gasteiger partial charge < -0.3 is 4.18 Å². The molecular weight excluding hydrogens is 617 g/mol. The Bertz CT molecular complexity index is 1730. The zero-order valence-electron chi connectivity index (χ0n) is 26.8. The molecule has 8 heteroatoms. The Kier molecular flexibility index (Phi) is 7.26. The number of fused-ring (bicyclic) bond motifs is 7. The molecule has 7 aliphatic carbocycles. The topological polar surface area (TPSA) is 97.7 Å². The van der Waals surface area contributed by atoms with Crippen LogP contribution in [0.2, 0.25) is 0 Å². The first-order valence-electron chi connectivity index (χ1n) is 18.4. The predicted molar refractivity (Wildman–Crippen MR) is 176 cm³/mol. The normalized spacial score (nSPS) is 36.3. The van der Waals surface area contributed by atoms with Gasteiger partial charge in [0.05, 0.1) is 4.90 Å². The van der Waals surface area contributed by atoms with Crippen LogP contribution >= 0.6 is 0 Å². The van der Waals surface area contributed by atoms with Gasteiger partial charge in [-0.1, -0.05) is 37.8 Å². The molecule has 2 aromatic carbocycles. The minimum absolute atomic E-state index is 0.116. The lowest BCUT2D eigenvalue weighted by Crippen LogP contribution is -2.23. The van der Waals surface area contributed by atoms with Crippen LogP contribution in [0, 0.1) is 35.5 Å². The Morgan fingerprint density at radius 3 is 1.61 bits per heavy atom. The van der Waals surface area contributed by atoms with Crippen LogP contribution in [0.15, 0.2) is 34.1 Å². The molecule has 6 saturated carbocycles. The van der Waals surface area contributed by atoms with Crippen molar-refractivity contribution in [1.82, 2.24) is 0 Å². The van der Waals surface area contributed by atoms with E-state index in [0.29, 0.717) is 58.5 Å². The molecule has 0 aromatic heterocycles. The van der Waals surface area contributed by atoms with E-state index in [9.17, 15) is 21.4 Å². The van der Waals surface area contributed by atoms with E-state index in [1.54, 1.807) is 0 Å². The SMILES string of the molecule is O=S(=O)(O)c1ccc(OS(=O)(=O)c2c(C3CC4CCC3C4)cc(C3CC4CCC3C4)cc2C2CC3CCC2C3)c2c1CCCCC2. The van der Waals surface area contributed by atoms with E-state index in [4.69, 9.17) is 4.18 Å². The van der Waals surface area contributed by atoms with Crippen LogP contribution in [0.3, 0.4) is 0 Å². The van der Waals surface area contributed by atoms with Crippen LogP contribution in [0.5, 0.6) is 5.75 Å². The summed E-state index contributed by atoms with van der Waals surface area (Å²) in [6.45, 7) is 0. The standard InChI is InChI=1S/C38H48O6S2/c39-45(40,41)37-13-12-36(29-4-2-1-3-5-30(29)37)44-46(42,43)38-34(32-18-23-7-10-26(32)15-23)20-28(31-17-22-6-9-25(31)14-22)21-35(38)33-19-24-8-11-27(33)16-24/h12-13,20-27,31-33H,1-11,14-19H2,(H,39,40,41). The zero-order chi connectivity index (χ0) is 31.4. The summed E-state index contributed by atoms with van der Waals surface area (Å²) >= 11 is 0. The van der Waals surface area contributed by atoms with Gasteiger partial charge in [-0.05, 0) is 171 Å². The molecular formula is C38H48O6S2. The third-order valence-corrected chi connectivity index (χ3v) is 16.3. The first-order valence-corrected chi connectivity index (χ1v) is 21.2. The number of rotatable bonds is 7. The largest absolute Gasteiger partial charge is 0.379 e. The van der Waals surface area contributed by atoms with Crippen LogP contribution in [0.25, 0.3) is 0 Å². The van der Waals surface area contributed by atoms with Crippen LogP contribution in [0.1, 0.15) is 142 Å². The molecule has 9 unspecified atom stereocenters. The van der Waals surface area contributed by atoms with Crippen molar-refractivity contribution in [2.75, 3.05) is 0 Å². The summed E-state index contributed by atoms with van der Waals surface area (Å²) in [6.07, 6.45) is 18.2. The highest BCUT2D eigenvalue weighted by Crippen LogP contribution is 2.60. The monoisotopic (exact) mass is 664 g/mol. The summed E-state index contributed by atoms with van der Waals surface area (Å²) < 4.78 is 70.9. The van der Waals surface area contributed by atoms with E-state index in [-0.39, 0.29) is 22.5 Å². The van der Waals surface area contributed by atoms with Gasteiger partial charge in [-0.15, -0.1) is 0 Å². The van der Waals surface area contributed by atoms with E-state index in [2.05, 4.69) is 12.1 Å². The van der Waals surface area contributed by atoms with Gasteiger partial charge in [0.15, 0.2) is 0 Å². The van der Waals surface area contributed by atoms with Crippen LogP contribution in [-0.2, 0) is 33.1 Å². The highest BCUT2D eigenvalue weighted by atomic mass is 32.2. The maximum atomic E-state index is 15.0. The second kappa shape index (κ2) is 11.1. The van der Waals surface area contributed by atoms with Crippen molar-refractivity contribution in [3.63, 3.8) is 0 Å². The minimum Gasteiger partial charge on any atom is -0.379 e. The lowest BCUT2D eigenvalue weighted by atomic mass is 9.75. The van der Waals surface area contributed by atoms with Gasteiger partial charge in [-0.25, -0.2) is 0 Å². The fourth-order valence-corrected chi connectivity index (χ4v) is 14.4. The van der Waals surface area contributed by atoms with Crippen molar-refractivity contribution in [2.24, 2.45) is 35.5 Å². The molecule has 1 N–H and O–H groups in total. The lowest BCUT2D eigenvalue weighted by molar-refractivity contribution is 0.392. The summed E-state index contributed by atoms with van der Waals surface area (Å²) in [5.41, 5.74) is 4.60. The van der Waals surface area contributed by atoms with Crippen molar-refractivity contribution < 1.29 is 25.6 Å². The Morgan fingerprint density at radius 2 is 1.13 bits per heavy atom. The Hall–Kier alpha value is -1.90. The average molecular weight is 665 g/mol. The molecule has 0 amide bonds. The molecule has 248 valence electrons. The maximum Gasteiger partial charge on any atom is 0.339 e. The fraction of sp³-hybridized carbons (Fsp3) is 0.684. The molecule has 6 bridgehead atoms. The third kappa shape index (κ3) is 5.01. The maximum absolute atomic E-state index is 15.0. The molecule has 7 aliphatic rings. The first kappa shape index (κ1) is 30.2. The van der Waals surface area contributed by atoms with E-state index >= 15 is 0 Å². The Balaban J connectivity index is 1.21. The predicted octanol–water partition coefficient (Wildman–Crippen LogP) is 8.68. The van der Waals surface area contributed by atoms with Gasteiger partial charge in [0.1, 0.15) is 10.6 Å². The molecule has 0 saturated heterocycles. The van der Waals surface area contributed by atoms with Gasteiger partial charge in [-0.2, -0.15) is 16.8 Å². The van der Waals surface area contributed by atoms with Gasteiger partial charge in [0, 0.05) is 5.56 Å². The molecule has 6 nitrogen and oxygen atoms in total. The zero-order valence-corrected chi connectivity index (χ0v) is 28.5. The molecule has 2 aromatic rings. The molecule has 9 rings (SSSR count). The summed E-state index contributed by atoms with van der Waals surface area (Å²) in [6, 6.07) is 7.50. The van der Waals surface area contributed by atoms with Gasteiger partial charge >= 0.3 is 10.1 Å². The van der Waals surface area contributed by atoms with Crippen LogP contribution in [0.4, 0.5) is 0 Å². The molecule has 6 fully saturated rings. The lowest BCUT2D eigenvalue weighted by Gasteiger charge is -2.32. The van der Waals surface area contributed by atoms with E-state index < -0.39 is 20.2 Å². The second-order valence-corrected chi connectivity index (χ2v) is 19.3. The molecule has 0 spiro atoms. The van der Waals surface area contributed by atoms with Crippen molar-refractivity contribution in [3.05, 3.63) is 52.1 Å². The van der Waals surface area contributed by atoms with Crippen molar-refractivity contribution in [1.29, 1.82) is 0 Å². The van der Waals surface area contributed by atoms with Gasteiger partial charge in [-0.3, -0.25) is 4.55 Å². The highest BCUT2D eigenvalue weighted by Gasteiger charge is 2.48. The minimum atomic E-state index is -4.44. The number of hydrogen-bond acceptors (Lipinski definition) is 5. The summed E-state index contributed by atoms with van der Waals surface area (Å²) in [4.78, 5) is 0.338. The van der Waals surface area contributed by atoms with E-state index in [1.807, 2.05) is 0 Å². The third-order valence-electron chi connectivity index (χ3n) is 14.0. The molecule has 9 atom stereocenters. The second-order valence-electron chi connectivity index (χ2n) is 16.5. The quantitative estimate of drug-likeness (QED) is 0.181. The summed E-state index contributed by atoms with van der Waals surface area (Å²) in [5.74, 6) is 5.26. The highest BCUT2D eigenvalue weighted by molar-refractivity contribution is 7.87. The van der Waals surface area contributed by atoms with E-state index in [1.165, 1.54) is 81.9 Å². The molecule has 0 heterocycles. The van der Waals surface area contributed by atoms with Gasteiger partial charge in [0.25, 0.3) is 10.1 Å². The van der Waals surface area contributed by atoms with Crippen molar-refractivity contribution in [2.45, 2.75) is 137 Å². The van der Waals surface area contributed by atoms with Crippen molar-refractivity contribution >= 4 is 20.2 Å². The molecule has 46 heavy (non-hydrogen) atoms. The first-order chi connectivity index (χ1) is 22.1. The van der Waals surface area contributed by atoms with E-state index in [0.717, 1.165) is 55.1 Å². The Morgan fingerprint density at radius 1 is 0.609 bits per heavy atom. The Labute approximate surface area is 275 Å². The summed E-state index contributed by atoms with van der Waals surface area (Å²) in [7, 11) is -8.68. The van der Waals surface area contributed by atoms with Crippen LogP contribution in [-0.4, -0.2) is 21.4 Å². The number of hydrogen-bond donors (Lipinski definition) is 1. The summed E-state index contributed by atoms with van der Waals surface area (Å²) in [5, 5.41) is 0. The number of benzene rings is 2. The van der Waals surface area contributed by atoms with Gasteiger partial charge in [0.2, 0.25) is 0 Å². The van der Waals surface area contributed by atoms with Crippen LogP contribution < -0.4 is 4.18 Å².